The van der Waals surface area contributed by atoms with E-state index in [0.717, 1.165) is 36.7 Å². The number of allylic oxidation sites excluding steroid dienone is 8. The summed E-state index contributed by atoms with van der Waals surface area (Å²) in [6, 6.07) is 0. The van der Waals surface area contributed by atoms with Crippen LogP contribution >= 0.6 is 24.8 Å². The zero-order chi connectivity index (χ0) is 12.6. The molecule has 0 aromatic carbocycles. The predicted molar refractivity (Wildman–Crippen MR) is 83.2 cm³/mol. The van der Waals surface area contributed by atoms with E-state index in [1.807, 2.05) is 0 Å². The maximum atomic E-state index is 3.39. The normalized spacial score (nSPS) is 15.2. The van der Waals surface area contributed by atoms with Gasteiger partial charge < -0.3 is 0 Å². The average Bonchev–Trinajstić information content (AvgIpc) is 2.83. The van der Waals surface area contributed by atoms with Gasteiger partial charge in [-0.3, -0.25) is 12.2 Å². The standard InChI is InChI=1S/2C7H9.CH2.2ClH.Hf/c2*1-6-4-3-5-7(6)2;;;;/h2*4H,3H2,1-2H3;1H2;2*1H;/q2*-1;;;;+2. The van der Waals surface area contributed by atoms with Gasteiger partial charge >= 0.3 is 28.2 Å². The summed E-state index contributed by atoms with van der Waals surface area (Å²) in [7, 11) is 0. The minimum atomic E-state index is 0. The Kier molecular flexibility index (Phi) is 17.8. The van der Waals surface area contributed by atoms with Crippen LogP contribution in [0.15, 0.2) is 34.4 Å². The van der Waals surface area contributed by atoms with E-state index in [1.54, 1.807) is 0 Å². The molecule has 0 atom stereocenters. The molecule has 2 rings (SSSR count). The number of rotatable bonds is 0. The van der Waals surface area contributed by atoms with Gasteiger partial charge in [-0.25, -0.2) is 22.3 Å². The van der Waals surface area contributed by atoms with E-state index < -0.39 is 0 Å². The Hall–Kier alpha value is 0.280. The Balaban J connectivity index is -0.000000200. The Bertz CT molecular complexity index is 284. The first-order chi connectivity index (χ1) is 7.61. The van der Waals surface area contributed by atoms with E-state index in [9.17, 15) is 0 Å². The quantitative estimate of drug-likeness (QED) is 0.360. The van der Waals surface area contributed by atoms with Gasteiger partial charge in [0.15, 0.2) is 0 Å². The van der Waals surface area contributed by atoms with Gasteiger partial charge in [0.05, 0.1) is 0 Å². The summed E-state index contributed by atoms with van der Waals surface area (Å²) in [5, 5.41) is 0. The molecule has 0 aromatic rings. The number of halogens is 2. The summed E-state index contributed by atoms with van der Waals surface area (Å²) in [6.45, 7) is 8.43. The third-order valence-electron chi connectivity index (χ3n) is 2.73. The summed E-state index contributed by atoms with van der Waals surface area (Å²) in [5.41, 5.74) is 5.42. The van der Waals surface area contributed by atoms with E-state index in [1.165, 1.54) is 22.3 Å². The van der Waals surface area contributed by atoms with Crippen molar-refractivity contribution in [2.24, 2.45) is 0 Å². The molecule has 0 radical (unpaired) electrons. The fraction of sp³-hybridized carbons (Fsp3) is 0.400. The molecule has 0 aromatic heterocycles. The monoisotopic (exact) mass is 452 g/mol. The van der Waals surface area contributed by atoms with E-state index in [2.05, 4.69) is 56.3 Å². The molecule has 0 amide bonds. The predicted octanol–water partition coefficient (Wildman–Crippen LogP) is 4.98. The number of hydrogen-bond acceptors (Lipinski definition) is 0. The summed E-state index contributed by atoms with van der Waals surface area (Å²) in [4.78, 5) is 0. The third kappa shape index (κ3) is 9.24. The third-order valence-corrected chi connectivity index (χ3v) is 2.73. The van der Waals surface area contributed by atoms with Crippen molar-refractivity contribution < 1.29 is 23.9 Å². The average molecular weight is 452 g/mol. The van der Waals surface area contributed by atoms with E-state index >= 15 is 0 Å². The van der Waals surface area contributed by atoms with Crippen LogP contribution in [0.5, 0.6) is 0 Å². The summed E-state index contributed by atoms with van der Waals surface area (Å²) >= 11 is 1.06. The van der Waals surface area contributed by atoms with Crippen LogP contribution in [0.25, 0.3) is 0 Å². The zero-order valence-electron chi connectivity index (χ0n) is 11.6. The molecular formula is C15H22Cl2Hf. The van der Waals surface area contributed by atoms with Gasteiger partial charge in [0, 0.05) is 0 Å². The zero-order valence-corrected chi connectivity index (χ0v) is 16.8. The van der Waals surface area contributed by atoms with Gasteiger partial charge in [-0.15, -0.1) is 51.5 Å². The molecule has 0 saturated heterocycles. The van der Waals surface area contributed by atoms with Gasteiger partial charge in [-0.2, -0.15) is 12.2 Å². The van der Waals surface area contributed by atoms with Crippen LogP contribution in [0.1, 0.15) is 40.5 Å². The van der Waals surface area contributed by atoms with E-state index in [0.29, 0.717) is 0 Å². The number of hydrogen-bond donors (Lipinski definition) is 0. The second-order valence-electron chi connectivity index (χ2n) is 3.79. The Morgan fingerprint density at radius 3 is 1.17 bits per heavy atom. The summed E-state index contributed by atoms with van der Waals surface area (Å²) in [5.74, 6) is 0. The van der Waals surface area contributed by atoms with E-state index in [4.69, 9.17) is 0 Å². The molecule has 2 aliphatic rings. The molecule has 0 nitrogen and oxygen atoms in total. The topological polar surface area (TPSA) is 0 Å². The van der Waals surface area contributed by atoms with Crippen molar-refractivity contribution in [3.8, 4) is 0 Å². The van der Waals surface area contributed by atoms with Crippen molar-refractivity contribution in [1.82, 2.24) is 0 Å². The first kappa shape index (κ1) is 23.4. The fourth-order valence-corrected chi connectivity index (χ4v) is 1.30. The van der Waals surface area contributed by atoms with Crippen LogP contribution in [0, 0.1) is 12.2 Å². The molecule has 0 bridgehead atoms. The minimum absolute atomic E-state index is 0. The summed E-state index contributed by atoms with van der Waals surface area (Å²) < 4.78 is 3.39. The van der Waals surface area contributed by atoms with Crippen LogP contribution < -0.4 is 0 Å². The molecule has 100 valence electrons. The molecule has 0 heterocycles. The second kappa shape index (κ2) is 13.7. The second-order valence-corrected chi connectivity index (χ2v) is 3.79. The first-order valence-electron chi connectivity index (χ1n) is 5.45. The van der Waals surface area contributed by atoms with Gasteiger partial charge in [0.1, 0.15) is 0 Å². The van der Waals surface area contributed by atoms with Crippen LogP contribution in [-0.4, -0.2) is 4.26 Å². The van der Waals surface area contributed by atoms with Crippen molar-refractivity contribution in [3.63, 3.8) is 0 Å². The molecule has 0 spiro atoms. The molecular weight excluding hydrogens is 430 g/mol. The van der Waals surface area contributed by atoms with Crippen molar-refractivity contribution >= 4 is 29.1 Å². The van der Waals surface area contributed by atoms with Crippen molar-refractivity contribution in [2.45, 2.75) is 40.5 Å². The van der Waals surface area contributed by atoms with Gasteiger partial charge in [0.2, 0.25) is 0 Å². The molecule has 0 fully saturated rings. The molecule has 0 N–H and O–H groups in total. The van der Waals surface area contributed by atoms with Crippen molar-refractivity contribution in [2.75, 3.05) is 0 Å². The van der Waals surface area contributed by atoms with E-state index in [-0.39, 0.29) is 24.8 Å². The molecule has 2 aliphatic carbocycles. The Morgan fingerprint density at radius 2 is 1.11 bits per heavy atom. The molecule has 3 heteroatoms. The van der Waals surface area contributed by atoms with Gasteiger partial charge in [-0.05, 0) is 0 Å². The van der Waals surface area contributed by atoms with Crippen molar-refractivity contribution in [1.29, 1.82) is 0 Å². The van der Waals surface area contributed by atoms with Crippen LogP contribution in [0.2, 0.25) is 0 Å². The summed E-state index contributed by atoms with van der Waals surface area (Å²) in [6.07, 6.45) is 12.8. The van der Waals surface area contributed by atoms with Crippen molar-refractivity contribution in [3.05, 3.63) is 46.6 Å². The maximum absolute atomic E-state index is 3.39. The molecule has 0 saturated carbocycles. The molecule has 0 unspecified atom stereocenters. The van der Waals surface area contributed by atoms with Crippen LogP contribution in [-0.2, 0) is 23.9 Å². The Morgan fingerprint density at radius 1 is 0.833 bits per heavy atom. The van der Waals surface area contributed by atoms with Crippen LogP contribution in [0.4, 0.5) is 0 Å². The molecule has 18 heavy (non-hydrogen) atoms. The van der Waals surface area contributed by atoms with Gasteiger partial charge in [0.25, 0.3) is 0 Å². The van der Waals surface area contributed by atoms with Crippen LogP contribution in [0.3, 0.4) is 0 Å². The Labute approximate surface area is 139 Å². The fourth-order valence-electron chi connectivity index (χ4n) is 1.30. The molecule has 0 aliphatic heterocycles. The first-order valence-corrected chi connectivity index (χ1v) is 7.99. The van der Waals surface area contributed by atoms with Gasteiger partial charge in [-0.1, -0.05) is 13.8 Å². The SMILES string of the molecule is CC1=[C-]CC=C1C.CC1=[C-]CC=C1C.Cl.Cl.[CH2]=[Hf+2].